The standard InChI is InChI=1S/C15H29N3O3/c1-6-17(7-2)11-8-9-18(10-11)14(21)16-12(13(19)20)15(3,4)5/h11-12H,6-10H2,1-5H3,(H,16,21)(H,19,20)/t11?,12-/m0/s1. The number of aliphatic carboxylic acids is 1. The second-order valence-corrected chi connectivity index (χ2v) is 6.70. The van der Waals surface area contributed by atoms with Gasteiger partial charge < -0.3 is 15.3 Å². The van der Waals surface area contributed by atoms with E-state index >= 15 is 0 Å². The van der Waals surface area contributed by atoms with E-state index in [9.17, 15) is 14.7 Å². The number of hydrogen-bond donors (Lipinski definition) is 2. The molecule has 1 fully saturated rings. The number of carbonyl (C=O) groups is 2. The van der Waals surface area contributed by atoms with Crippen LogP contribution in [0.15, 0.2) is 0 Å². The van der Waals surface area contributed by atoms with Crippen LogP contribution in [0.2, 0.25) is 0 Å². The van der Waals surface area contributed by atoms with Gasteiger partial charge in [-0.3, -0.25) is 4.90 Å². The van der Waals surface area contributed by atoms with Gasteiger partial charge in [0.25, 0.3) is 0 Å². The summed E-state index contributed by atoms with van der Waals surface area (Å²) in [5, 5.41) is 11.9. The molecule has 0 aliphatic carbocycles. The molecular formula is C15H29N3O3. The van der Waals surface area contributed by atoms with Gasteiger partial charge in [-0.15, -0.1) is 0 Å². The van der Waals surface area contributed by atoms with Gasteiger partial charge in [0.05, 0.1) is 0 Å². The van der Waals surface area contributed by atoms with Gasteiger partial charge >= 0.3 is 12.0 Å². The zero-order valence-electron chi connectivity index (χ0n) is 13.8. The molecule has 2 atom stereocenters. The highest BCUT2D eigenvalue weighted by Crippen LogP contribution is 2.21. The van der Waals surface area contributed by atoms with E-state index in [0.717, 1.165) is 19.5 Å². The third kappa shape index (κ3) is 4.59. The Bertz CT molecular complexity index is 375. The Balaban J connectivity index is 2.63. The molecule has 2 N–H and O–H groups in total. The molecule has 1 aliphatic heterocycles. The van der Waals surface area contributed by atoms with Crippen LogP contribution in [0.3, 0.4) is 0 Å². The quantitative estimate of drug-likeness (QED) is 0.809. The van der Waals surface area contributed by atoms with Crippen molar-refractivity contribution in [2.45, 2.75) is 53.1 Å². The van der Waals surface area contributed by atoms with Gasteiger partial charge in [0, 0.05) is 19.1 Å². The van der Waals surface area contributed by atoms with Crippen molar-refractivity contribution < 1.29 is 14.7 Å². The summed E-state index contributed by atoms with van der Waals surface area (Å²) < 4.78 is 0. The molecule has 1 rings (SSSR count). The van der Waals surface area contributed by atoms with Crippen LogP contribution >= 0.6 is 0 Å². The topological polar surface area (TPSA) is 72.9 Å². The van der Waals surface area contributed by atoms with E-state index in [-0.39, 0.29) is 6.03 Å². The summed E-state index contributed by atoms with van der Waals surface area (Å²) >= 11 is 0. The van der Waals surface area contributed by atoms with E-state index in [1.54, 1.807) is 4.90 Å². The highest BCUT2D eigenvalue weighted by atomic mass is 16.4. The smallest absolute Gasteiger partial charge is 0.326 e. The first-order valence-electron chi connectivity index (χ1n) is 7.73. The molecule has 6 heteroatoms. The number of nitrogens with zero attached hydrogens (tertiary/aromatic N) is 2. The van der Waals surface area contributed by atoms with Crippen LogP contribution < -0.4 is 5.32 Å². The molecule has 6 nitrogen and oxygen atoms in total. The molecule has 0 bridgehead atoms. The molecule has 0 radical (unpaired) electrons. The molecule has 1 saturated heterocycles. The van der Waals surface area contributed by atoms with Gasteiger partial charge in [0.15, 0.2) is 0 Å². The first-order valence-corrected chi connectivity index (χ1v) is 7.73. The van der Waals surface area contributed by atoms with Crippen molar-refractivity contribution in [3.05, 3.63) is 0 Å². The maximum atomic E-state index is 12.3. The summed E-state index contributed by atoms with van der Waals surface area (Å²) in [6.45, 7) is 13.0. The van der Waals surface area contributed by atoms with Crippen molar-refractivity contribution in [2.75, 3.05) is 26.2 Å². The lowest BCUT2D eigenvalue weighted by Crippen LogP contribution is -2.53. The largest absolute Gasteiger partial charge is 0.480 e. The van der Waals surface area contributed by atoms with Crippen LogP contribution in [-0.4, -0.2) is 65.2 Å². The van der Waals surface area contributed by atoms with E-state index in [1.165, 1.54) is 0 Å². The molecule has 0 aromatic carbocycles. The third-order valence-electron chi connectivity index (χ3n) is 4.16. The molecule has 1 heterocycles. The lowest BCUT2D eigenvalue weighted by molar-refractivity contribution is -0.142. The van der Waals surface area contributed by atoms with Gasteiger partial charge in [-0.25, -0.2) is 9.59 Å². The monoisotopic (exact) mass is 299 g/mol. The summed E-state index contributed by atoms with van der Waals surface area (Å²) in [5.74, 6) is -0.990. The van der Waals surface area contributed by atoms with Gasteiger partial charge in [0.1, 0.15) is 6.04 Å². The number of amides is 2. The summed E-state index contributed by atoms with van der Waals surface area (Å²) in [6, 6.07) is -0.770. The number of nitrogens with one attached hydrogen (secondary N) is 1. The van der Waals surface area contributed by atoms with Crippen molar-refractivity contribution in [3.8, 4) is 0 Å². The van der Waals surface area contributed by atoms with Crippen molar-refractivity contribution in [2.24, 2.45) is 5.41 Å². The van der Waals surface area contributed by atoms with Crippen LogP contribution in [-0.2, 0) is 4.79 Å². The van der Waals surface area contributed by atoms with Crippen LogP contribution in [0.5, 0.6) is 0 Å². The molecule has 122 valence electrons. The first-order chi connectivity index (χ1) is 9.70. The Morgan fingerprint density at radius 3 is 2.33 bits per heavy atom. The van der Waals surface area contributed by atoms with E-state index in [2.05, 4.69) is 24.1 Å². The Morgan fingerprint density at radius 1 is 1.33 bits per heavy atom. The van der Waals surface area contributed by atoms with Crippen molar-refractivity contribution in [1.29, 1.82) is 0 Å². The van der Waals surface area contributed by atoms with E-state index < -0.39 is 17.4 Å². The summed E-state index contributed by atoms with van der Waals surface area (Å²) in [6.07, 6.45) is 0.947. The molecule has 2 amide bonds. The van der Waals surface area contributed by atoms with Crippen LogP contribution in [0, 0.1) is 5.41 Å². The summed E-state index contributed by atoms with van der Waals surface area (Å²) in [7, 11) is 0. The summed E-state index contributed by atoms with van der Waals surface area (Å²) in [5.41, 5.74) is -0.514. The zero-order chi connectivity index (χ0) is 16.2. The third-order valence-corrected chi connectivity index (χ3v) is 4.16. The highest BCUT2D eigenvalue weighted by molar-refractivity contribution is 5.83. The Kier molecular flexibility index (Phi) is 6.01. The molecule has 21 heavy (non-hydrogen) atoms. The number of carboxylic acid groups (broad SMARTS) is 1. The zero-order valence-corrected chi connectivity index (χ0v) is 13.8. The van der Waals surface area contributed by atoms with E-state index in [1.807, 2.05) is 20.8 Å². The van der Waals surface area contributed by atoms with Crippen LogP contribution in [0.25, 0.3) is 0 Å². The van der Waals surface area contributed by atoms with Gasteiger partial charge in [-0.1, -0.05) is 34.6 Å². The van der Waals surface area contributed by atoms with E-state index in [0.29, 0.717) is 19.1 Å². The maximum absolute atomic E-state index is 12.3. The fraction of sp³-hybridized carbons (Fsp3) is 0.867. The van der Waals surface area contributed by atoms with Crippen molar-refractivity contribution in [1.82, 2.24) is 15.1 Å². The molecule has 0 aromatic rings. The van der Waals surface area contributed by atoms with Gasteiger partial charge in [-0.2, -0.15) is 0 Å². The normalized spacial score (nSPS) is 20.7. The highest BCUT2D eigenvalue weighted by Gasteiger charge is 2.36. The van der Waals surface area contributed by atoms with Gasteiger partial charge in [0.2, 0.25) is 0 Å². The van der Waals surface area contributed by atoms with Crippen LogP contribution in [0.4, 0.5) is 4.79 Å². The minimum Gasteiger partial charge on any atom is -0.480 e. The Morgan fingerprint density at radius 2 is 1.90 bits per heavy atom. The Labute approximate surface area is 127 Å². The number of rotatable bonds is 5. The second-order valence-electron chi connectivity index (χ2n) is 6.70. The molecule has 0 aromatic heterocycles. The number of urea groups is 1. The molecule has 0 spiro atoms. The lowest BCUT2D eigenvalue weighted by atomic mass is 9.87. The second kappa shape index (κ2) is 7.11. The maximum Gasteiger partial charge on any atom is 0.326 e. The lowest BCUT2D eigenvalue weighted by Gasteiger charge is -2.30. The van der Waals surface area contributed by atoms with Gasteiger partial charge in [-0.05, 0) is 24.9 Å². The minimum atomic E-state index is -0.990. The number of hydrogen-bond acceptors (Lipinski definition) is 3. The average Bonchev–Trinajstić information content (AvgIpc) is 2.85. The number of likely N-dealkylation sites (N-methyl/N-ethyl adjacent to an activating group) is 1. The summed E-state index contributed by atoms with van der Waals surface area (Å²) in [4.78, 5) is 27.7. The average molecular weight is 299 g/mol. The number of carboxylic acids is 1. The molecule has 1 unspecified atom stereocenters. The SMILES string of the molecule is CCN(CC)C1CCN(C(=O)N[C@@H](C(=O)O)C(C)(C)C)C1. The predicted octanol–water partition coefficient (Wildman–Crippen LogP) is 1.61. The van der Waals surface area contributed by atoms with E-state index in [4.69, 9.17) is 0 Å². The Hall–Kier alpha value is -1.30. The molecule has 0 saturated carbocycles. The van der Waals surface area contributed by atoms with Crippen molar-refractivity contribution in [3.63, 3.8) is 0 Å². The van der Waals surface area contributed by atoms with Crippen molar-refractivity contribution >= 4 is 12.0 Å². The van der Waals surface area contributed by atoms with Crippen LogP contribution in [0.1, 0.15) is 41.0 Å². The fourth-order valence-electron chi connectivity index (χ4n) is 2.83. The fourth-order valence-corrected chi connectivity index (χ4v) is 2.83. The molecule has 1 aliphatic rings. The predicted molar refractivity (Wildman–Crippen MR) is 82.3 cm³/mol. The molecular weight excluding hydrogens is 270 g/mol. The minimum absolute atomic E-state index is 0.271. The number of carbonyl (C=O) groups excluding carboxylic acids is 1. The number of likely N-dealkylation sites (tertiary alicyclic amines) is 1. The first kappa shape index (κ1) is 17.8.